The van der Waals surface area contributed by atoms with Gasteiger partial charge in [-0.2, -0.15) is 0 Å². The van der Waals surface area contributed by atoms with Crippen LogP contribution in [0.3, 0.4) is 0 Å². The number of hydrogen-bond donors (Lipinski definition) is 0. The molecule has 4 heteroatoms. The monoisotopic (exact) mass is 312 g/mol. The summed E-state index contributed by atoms with van der Waals surface area (Å²) < 4.78 is 2.02. The van der Waals surface area contributed by atoms with Crippen molar-refractivity contribution in [2.45, 2.75) is 33.1 Å². The number of imidazole rings is 1. The van der Waals surface area contributed by atoms with E-state index in [0.29, 0.717) is 0 Å². The highest BCUT2D eigenvalue weighted by atomic mass is 15.1. The third kappa shape index (κ3) is 4.20. The second-order valence-corrected chi connectivity index (χ2v) is 7.28. The molecule has 0 amide bonds. The Morgan fingerprint density at radius 1 is 1.26 bits per heavy atom. The standard InChI is InChI=1S/C19H28N4/c1-15(2)13-23-8-5-16(6-9-23)10-17-4-7-21-18(11-17)19-12-20-14-22(19)3/h4,7,11-12,14-16H,5-6,8-10,13H2,1-3H3. The number of nitrogens with zero attached hydrogens (tertiary/aromatic N) is 4. The molecule has 0 saturated carbocycles. The summed E-state index contributed by atoms with van der Waals surface area (Å²) in [5, 5.41) is 0. The van der Waals surface area contributed by atoms with Gasteiger partial charge in [0.25, 0.3) is 0 Å². The van der Waals surface area contributed by atoms with Crippen molar-refractivity contribution in [3.63, 3.8) is 0 Å². The Bertz CT molecular complexity index is 624. The van der Waals surface area contributed by atoms with E-state index in [-0.39, 0.29) is 0 Å². The van der Waals surface area contributed by atoms with Gasteiger partial charge >= 0.3 is 0 Å². The van der Waals surface area contributed by atoms with Gasteiger partial charge < -0.3 is 9.47 Å². The summed E-state index contributed by atoms with van der Waals surface area (Å²) >= 11 is 0. The van der Waals surface area contributed by atoms with Crippen LogP contribution in [0.1, 0.15) is 32.3 Å². The average molecular weight is 312 g/mol. The summed E-state index contributed by atoms with van der Waals surface area (Å²) in [5.74, 6) is 1.58. The lowest BCUT2D eigenvalue weighted by atomic mass is 9.90. The van der Waals surface area contributed by atoms with Crippen LogP contribution in [0, 0.1) is 11.8 Å². The Kier molecular flexibility index (Phi) is 5.11. The zero-order valence-corrected chi connectivity index (χ0v) is 14.6. The predicted octanol–water partition coefficient (Wildman–Crippen LogP) is 3.39. The van der Waals surface area contributed by atoms with E-state index in [0.717, 1.165) is 23.2 Å². The molecule has 0 N–H and O–H groups in total. The molecule has 1 saturated heterocycles. The highest BCUT2D eigenvalue weighted by molar-refractivity contribution is 5.54. The lowest BCUT2D eigenvalue weighted by molar-refractivity contribution is 0.167. The van der Waals surface area contributed by atoms with Crippen molar-refractivity contribution in [3.05, 3.63) is 36.4 Å². The van der Waals surface area contributed by atoms with Gasteiger partial charge in [-0.25, -0.2) is 4.98 Å². The second-order valence-electron chi connectivity index (χ2n) is 7.28. The Hall–Kier alpha value is -1.68. The molecule has 0 aliphatic carbocycles. The first-order chi connectivity index (χ1) is 11.1. The number of likely N-dealkylation sites (tertiary alicyclic amines) is 1. The maximum Gasteiger partial charge on any atom is 0.0948 e. The highest BCUT2D eigenvalue weighted by Crippen LogP contribution is 2.24. The quantitative estimate of drug-likeness (QED) is 0.848. The van der Waals surface area contributed by atoms with Crippen LogP contribution < -0.4 is 0 Å². The van der Waals surface area contributed by atoms with E-state index in [9.17, 15) is 0 Å². The summed E-state index contributed by atoms with van der Waals surface area (Å²) in [6.45, 7) is 8.36. The fraction of sp³-hybridized carbons (Fsp3) is 0.579. The lowest BCUT2D eigenvalue weighted by Gasteiger charge is -2.33. The second kappa shape index (κ2) is 7.26. The first-order valence-electron chi connectivity index (χ1n) is 8.76. The van der Waals surface area contributed by atoms with Crippen molar-refractivity contribution in [3.8, 4) is 11.4 Å². The highest BCUT2D eigenvalue weighted by Gasteiger charge is 2.20. The van der Waals surface area contributed by atoms with Crippen molar-refractivity contribution >= 4 is 0 Å². The molecule has 0 radical (unpaired) electrons. The van der Waals surface area contributed by atoms with E-state index in [1.807, 2.05) is 30.3 Å². The molecule has 1 fully saturated rings. The van der Waals surface area contributed by atoms with Crippen molar-refractivity contribution in [2.75, 3.05) is 19.6 Å². The molecule has 0 aromatic carbocycles. The Balaban J connectivity index is 1.60. The lowest BCUT2D eigenvalue weighted by Crippen LogP contribution is -2.36. The van der Waals surface area contributed by atoms with Gasteiger partial charge in [-0.05, 0) is 61.9 Å². The fourth-order valence-corrected chi connectivity index (χ4v) is 3.57. The van der Waals surface area contributed by atoms with Crippen LogP contribution in [0.2, 0.25) is 0 Å². The fourth-order valence-electron chi connectivity index (χ4n) is 3.57. The van der Waals surface area contributed by atoms with Crippen LogP contribution >= 0.6 is 0 Å². The minimum absolute atomic E-state index is 0.771. The van der Waals surface area contributed by atoms with E-state index in [1.54, 1.807) is 0 Å². The zero-order chi connectivity index (χ0) is 16.2. The van der Waals surface area contributed by atoms with Crippen LogP contribution in [0.15, 0.2) is 30.9 Å². The number of hydrogen-bond acceptors (Lipinski definition) is 3. The van der Waals surface area contributed by atoms with E-state index in [4.69, 9.17) is 0 Å². The van der Waals surface area contributed by atoms with E-state index in [2.05, 4.69) is 40.8 Å². The molecule has 23 heavy (non-hydrogen) atoms. The normalized spacial score (nSPS) is 17.0. The molecule has 3 rings (SSSR count). The molecule has 2 aromatic rings. The first-order valence-corrected chi connectivity index (χ1v) is 8.76. The SMILES string of the molecule is CC(C)CN1CCC(Cc2ccnc(-c3cncn3C)c2)CC1. The van der Waals surface area contributed by atoms with Crippen LogP contribution in [0.25, 0.3) is 11.4 Å². The molecule has 0 spiro atoms. The molecule has 0 bridgehead atoms. The molecule has 0 atom stereocenters. The summed E-state index contributed by atoms with van der Waals surface area (Å²) in [6, 6.07) is 4.40. The van der Waals surface area contributed by atoms with Crippen LogP contribution in [0.4, 0.5) is 0 Å². The van der Waals surface area contributed by atoms with Gasteiger partial charge in [0.05, 0.1) is 23.9 Å². The van der Waals surface area contributed by atoms with Gasteiger partial charge in [-0.1, -0.05) is 13.8 Å². The summed E-state index contributed by atoms with van der Waals surface area (Å²) in [6.07, 6.45) is 9.45. The summed E-state index contributed by atoms with van der Waals surface area (Å²) in [4.78, 5) is 11.3. The Labute approximate surface area is 139 Å². The van der Waals surface area contributed by atoms with E-state index < -0.39 is 0 Å². The smallest absolute Gasteiger partial charge is 0.0948 e. The molecule has 2 aromatic heterocycles. The van der Waals surface area contributed by atoms with Crippen LogP contribution in [0.5, 0.6) is 0 Å². The Morgan fingerprint density at radius 3 is 2.70 bits per heavy atom. The van der Waals surface area contributed by atoms with E-state index in [1.165, 1.54) is 44.5 Å². The average Bonchev–Trinajstić information content (AvgIpc) is 2.95. The molecule has 1 aliphatic heterocycles. The zero-order valence-electron chi connectivity index (χ0n) is 14.6. The minimum Gasteiger partial charge on any atom is -0.332 e. The number of aromatic nitrogens is 3. The van der Waals surface area contributed by atoms with Crippen molar-refractivity contribution in [2.24, 2.45) is 18.9 Å². The van der Waals surface area contributed by atoms with Crippen molar-refractivity contribution in [1.29, 1.82) is 0 Å². The Morgan fingerprint density at radius 2 is 2.04 bits per heavy atom. The third-order valence-corrected chi connectivity index (χ3v) is 4.76. The predicted molar refractivity (Wildman–Crippen MR) is 94.1 cm³/mol. The molecule has 1 aliphatic rings. The first kappa shape index (κ1) is 16.2. The number of aryl methyl sites for hydroxylation is 1. The molecule has 124 valence electrons. The number of piperidine rings is 1. The third-order valence-electron chi connectivity index (χ3n) is 4.76. The number of rotatable bonds is 5. The van der Waals surface area contributed by atoms with Gasteiger partial charge in [0.1, 0.15) is 0 Å². The van der Waals surface area contributed by atoms with Gasteiger partial charge in [0.2, 0.25) is 0 Å². The van der Waals surface area contributed by atoms with Gasteiger partial charge in [0, 0.05) is 19.8 Å². The van der Waals surface area contributed by atoms with E-state index >= 15 is 0 Å². The topological polar surface area (TPSA) is 34.0 Å². The van der Waals surface area contributed by atoms with Crippen LogP contribution in [-0.4, -0.2) is 39.1 Å². The van der Waals surface area contributed by atoms with Gasteiger partial charge in [-0.3, -0.25) is 4.98 Å². The van der Waals surface area contributed by atoms with Gasteiger partial charge in [0.15, 0.2) is 0 Å². The molecule has 4 nitrogen and oxygen atoms in total. The molecular weight excluding hydrogens is 284 g/mol. The minimum atomic E-state index is 0.771. The van der Waals surface area contributed by atoms with Gasteiger partial charge in [-0.15, -0.1) is 0 Å². The maximum absolute atomic E-state index is 4.51. The molecule has 3 heterocycles. The maximum atomic E-state index is 4.51. The summed E-state index contributed by atoms with van der Waals surface area (Å²) in [7, 11) is 2.02. The van der Waals surface area contributed by atoms with Crippen molar-refractivity contribution in [1.82, 2.24) is 19.4 Å². The summed E-state index contributed by atoms with van der Waals surface area (Å²) in [5.41, 5.74) is 3.51. The van der Waals surface area contributed by atoms with Crippen molar-refractivity contribution < 1.29 is 0 Å². The largest absolute Gasteiger partial charge is 0.332 e. The van der Waals surface area contributed by atoms with Crippen LogP contribution in [-0.2, 0) is 13.5 Å². The molecule has 0 unspecified atom stereocenters. The number of pyridine rings is 1. The molecular formula is C19H28N4.